The molecule has 0 saturated carbocycles. The van der Waals surface area contributed by atoms with Crippen LogP contribution in [0.5, 0.6) is 0 Å². The van der Waals surface area contributed by atoms with Crippen LogP contribution in [0.3, 0.4) is 0 Å². The lowest BCUT2D eigenvalue weighted by Crippen LogP contribution is -1.91. The number of rotatable bonds is 0. The summed E-state index contributed by atoms with van der Waals surface area (Å²) < 4.78 is 0. The zero-order valence-electron chi connectivity index (χ0n) is 3.87. The van der Waals surface area contributed by atoms with Gasteiger partial charge in [-0.15, -0.1) is 10.2 Å². The molecule has 2 radical (unpaired) electrons. The largest absolute Gasteiger partial charge is 0.179 e. The first-order valence-electron chi connectivity index (χ1n) is 1.78. The highest BCUT2D eigenvalue weighted by Gasteiger charge is 1.86. The third-order valence-electron chi connectivity index (χ3n) is 0.524. The van der Waals surface area contributed by atoms with Crippen LogP contribution in [0.15, 0.2) is 0 Å². The van der Waals surface area contributed by atoms with Crippen molar-refractivity contribution in [1.29, 1.82) is 0 Å². The van der Waals surface area contributed by atoms with E-state index in [4.69, 9.17) is 6.92 Å². The molecule has 0 bridgehead atoms. The van der Waals surface area contributed by atoms with Crippen molar-refractivity contribution in [2.24, 2.45) is 7.05 Å². The molecule has 7 heavy (non-hydrogen) atoms. The van der Waals surface area contributed by atoms with Gasteiger partial charge < -0.3 is 0 Å². The molecule has 36 valence electrons. The number of hydrogen-bond acceptors (Lipinski definition) is 3. The highest BCUT2D eigenvalue weighted by Crippen LogP contribution is 1.73. The van der Waals surface area contributed by atoms with Crippen LogP contribution < -0.4 is 0 Å². The van der Waals surface area contributed by atoms with Gasteiger partial charge in [0, 0.05) is 6.92 Å². The van der Waals surface area contributed by atoms with Crippen molar-refractivity contribution >= 4 is 0 Å². The molecule has 4 nitrogen and oxygen atoms in total. The molecule has 0 fully saturated rings. The van der Waals surface area contributed by atoms with Crippen LogP contribution in [0.25, 0.3) is 0 Å². The lowest BCUT2D eigenvalue weighted by molar-refractivity contribution is 0.629. The first-order valence-corrected chi connectivity index (χ1v) is 1.78. The summed E-state index contributed by atoms with van der Waals surface area (Å²) in [6.07, 6.45) is 0. The van der Waals surface area contributed by atoms with Gasteiger partial charge in [-0.2, -0.15) is 4.80 Å². The second-order valence-corrected chi connectivity index (χ2v) is 1.14. The van der Waals surface area contributed by atoms with Crippen molar-refractivity contribution in [3.8, 4) is 0 Å². The van der Waals surface area contributed by atoms with Gasteiger partial charge in [-0.05, 0) is 5.21 Å². The molecule has 0 aromatic carbocycles. The fourth-order valence-corrected chi connectivity index (χ4v) is 0.299. The summed E-state index contributed by atoms with van der Waals surface area (Å²) in [5, 5.41) is 10.4. The van der Waals surface area contributed by atoms with Gasteiger partial charge in [0.1, 0.15) is 0 Å². The Morgan fingerprint density at radius 2 is 2.43 bits per heavy atom. The molecular weight excluding hydrogens is 92.1 g/mol. The van der Waals surface area contributed by atoms with Gasteiger partial charge in [-0.25, -0.2) is 0 Å². The molecule has 0 atom stereocenters. The van der Waals surface area contributed by atoms with Crippen molar-refractivity contribution in [2.45, 2.75) is 0 Å². The van der Waals surface area contributed by atoms with Gasteiger partial charge >= 0.3 is 0 Å². The number of hydrogen-bond donors (Lipinski definition) is 0. The minimum absolute atomic E-state index is 0.211. The zero-order chi connectivity index (χ0) is 5.28. The van der Waals surface area contributed by atoms with Crippen LogP contribution in [-0.2, 0) is 7.05 Å². The molecule has 1 aromatic heterocycles. The van der Waals surface area contributed by atoms with E-state index in [1.807, 2.05) is 0 Å². The van der Waals surface area contributed by atoms with Gasteiger partial charge in [0.15, 0.2) is 5.82 Å². The van der Waals surface area contributed by atoms with Crippen LogP contribution in [0.2, 0.25) is 0 Å². The number of aryl methyl sites for hydroxylation is 1. The molecular formula is C3H4N4. The Balaban J connectivity index is 3.04. The lowest BCUT2D eigenvalue weighted by atomic mass is 10.8. The maximum atomic E-state index is 5.07. The second kappa shape index (κ2) is 1.29. The van der Waals surface area contributed by atoms with E-state index >= 15 is 0 Å². The number of tetrazole rings is 1. The van der Waals surface area contributed by atoms with E-state index in [0.29, 0.717) is 0 Å². The SMILES string of the molecule is [CH]c1nnn(C)n1. The molecule has 0 unspecified atom stereocenters. The molecule has 0 aliphatic carbocycles. The van der Waals surface area contributed by atoms with Crippen LogP contribution in [0.4, 0.5) is 0 Å². The molecule has 0 amide bonds. The quantitative estimate of drug-likeness (QED) is 0.427. The van der Waals surface area contributed by atoms with Gasteiger partial charge in [-0.3, -0.25) is 0 Å². The van der Waals surface area contributed by atoms with E-state index in [2.05, 4.69) is 15.4 Å². The van der Waals surface area contributed by atoms with Crippen LogP contribution in [0, 0.1) is 6.92 Å². The molecule has 1 aromatic rings. The van der Waals surface area contributed by atoms with Gasteiger partial charge in [-0.1, -0.05) is 0 Å². The molecule has 0 aliphatic heterocycles. The highest BCUT2D eigenvalue weighted by molar-refractivity contribution is 4.78. The summed E-state index contributed by atoms with van der Waals surface area (Å²) >= 11 is 0. The summed E-state index contributed by atoms with van der Waals surface area (Å²) in [6.45, 7) is 5.07. The Morgan fingerprint density at radius 1 is 1.71 bits per heavy atom. The Bertz CT molecular complexity index is 139. The highest BCUT2D eigenvalue weighted by atomic mass is 15.6. The summed E-state index contributed by atoms with van der Waals surface area (Å²) in [5.41, 5.74) is 0. The molecule has 0 saturated heterocycles. The first-order chi connectivity index (χ1) is 3.29. The summed E-state index contributed by atoms with van der Waals surface area (Å²) in [4.78, 5) is 1.30. The standard InChI is InChI=1S/C3H4N4/c1-3-4-6-7(2)5-3/h1H,2H3. The number of nitrogens with zero attached hydrogens (tertiary/aromatic N) is 4. The topological polar surface area (TPSA) is 43.6 Å². The third-order valence-corrected chi connectivity index (χ3v) is 0.524. The first kappa shape index (κ1) is 4.23. The zero-order valence-corrected chi connectivity index (χ0v) is 3.87. The van der Waals surface area contributed by atoms with Gasteiger partial charge in [0.25, 0.3) is 0 Å². The fraction of sp³-hybridized carbons (Fsp3) is 0.333. The molecule has 0 spiro atoms. The average molecular weight is 96.1 g/mol. The van der Waals surface area contributed by atoms with E-state index in [1.54, 1.807) is 7.05 Å². The van der Waals surface area contributed by atoms with Crippen molar-refractivity contribution in [3.63, 3.8) is 0 Å². The lowest BCUT2D eigenvalue weighted by Gasteiger charge is -1.73. The molecule has 4 heteroatoms. The number of aromatic nitrogens is 4. The monoisotopic (exact) mass is 96.0 g/mol. The van der Waals surface area contributed by atoms with E-state index in [-0.39, 0.29) is 5.82 Å². The molecule has 0 aliphatic rings. The van der Waals surface area contributed by atoms with Crippen molar-refractivity contribution in [3.05, 3.63) is 12.7 Å². The second-order valence-electron chi connectivity index (χ2n) is 1.14. The molecule has 0 N–H and O–H groups in total. The van der Waals surface area contributed by atoms with Crippen LogP contribution >= 0.6 is 0 Å². The van der Waals surface area contributed by atoms with Gasteiger partial charge in [0.05, 0.1) is 7.05 Å². The predicted octanol–water partition coefficient (Wildman–Crippen LogP) is -0.731. The summed E-state index contributed by atoms with van der Waals surface area (Å²) in [5.74, 6) is 0.211. The molecule has 1 rings (SSSR count). The van der Waals surface area contributed by atoms with Crippen molar-refractivity contribution in [2.75, 3.05) is 0 Å². The molecule has 1 heterocycles. The van der Waals surface area contributed by atoms with Crippen LogP contribution in [0.1, 0.15) is 5.82 Å². The van der Waals surface area contributed by atoms with E-state index in [1.165, 1.54) is 4.80 Å². The summed E-state index contributed by atoms with van der Waals surface area (Å²) in [7, 11) is 1.66. The van der Waals surface area contributed by atoms with Crippen LogP contribution in [-0.4, -0.2) is 20.2 Å². The Kier molecular flexibility index (Phi) is 0.780. The van der Waals surface area contributed by atoms with Gasteiger partial charge in [0.2, 0.25) is 0 Å². The third kappa shape index (κ3) is 0.734. The van der Waals surface area contributed by atoms with E-state index in [0.717, 1.165) is 0 Å². The van der Waals surface area contributed by atoms with Crippen molar-refractivity contribution < 1.29 is 0 Å². The fourth-order valence-electron chi connectivity index (χ4n) is 0.299. The smallest absolute Gasteiger partial charge is 0.167 e. The average Bonchev–Trinajstić information content (AvgIpc) is 1.87. The van der Waals surface area contributed by atoms with Crippen molar-refractivity contribution in [1.82, 2.24) is 20.2 Å². The normalized spacial score (nSPS) is 9.43. The minimum atomic E-state index is 0.211. The summed E-state index contributed by atoms with van der Waals surface area (Å²) in [6, 6.07) is 0. The minimum Gasteiger partial charge on any atom is -0.167 e. The Labute approximate surface area is 41.1 Å². The predicted molar refractivity (Wildman–Crippen MR) is 22.2 cm³/mol. The maximum Gasteiger partial charge on any atom is 0.179 e. The Hall–Kier alpha value is -0.930. The Morgan fingerprint density at radius 3 is 2.57 bits per heavy atom. The van der Waals surface area contributed by atoms with E-state index in [9.17, 15) is 0 Å². The maximum absolute atomic E-state index is 5.07. The van der Waals surface area contributed by atoms with E-state index < -0.39 is 0 Å².